The van der Waals surface area contributed by atoms with Crippen LogP contribution in [0.5, 0.6) is 0 Å². The largest absolute Gasteiger partial charge is 0.337 e. The zero-order chi connectivity index (χ0) is 17.5. The van der Waals surface area contributed by atoms with Crippen molar-refractivity contribution in [1.82, 2.24) is 18.5 Å². The number of carbonyl (C=O) groups is 1. The van der Waals surface area contributed by atoms with Crippen LogP contribution in [0.3, 0.4) is 0 Å². The summed E-state index contributed by atoms with van der Waals surface area (Å²) in [7, 11) is 0. The quantitative estimate of drug-likeness (QED) is 0.701. The van der Waals surface area contributed by atoms with E-state index in [1.165, 1.54) is 22.9 Å². The number of benzene rings is 2. The van der Waals surface area contributed by atoms with Gasteiger partial charge in [0.1, 0.15) is 11.0 Å². The van der Waals surface area contributed by atoms with Gasteiger partial charge in [0.05, 0.1) is 11.7 Å². The standard InChI is InChI=1S/C20H20N4OS/c25-20(15-5-6-18-19(11-15)22-26-21-18)24-10-8-17(13-24)23-9-7-14-3-1-2-4-16(14)12-23/h1-6,11,17H,7-10,12-13H2/t17-/m1/s1. The van der Waals surface area contributed by atoms with E-state index in [9.17, 15) is 4.79 Å². The van der Waals surface area contributed by atoms with Crippen LogP contribution in [-0.4, -0.2) is 50.1 Å². The lowest BCUT2D eigenvalue weighted by atomic mass is 9.98. The van der Waals surface area contributed by atoms with Crippen LogP contribution in [0.15, 0.2) is 42.5 Å². The van der Waals surface area contributed by atoms with E-state index < -0.39 is 0 Å². The molecular formula is C20H20N4OS. The van der Waals surface area contributed by atoms with Gasteiger partial charge >= 0.3 is 0 Å². The molecule has 1 aromatic heterocycles. The Labute approximate surface area is 156 Å². The molecule has 5 nitrogen and oxygen atoms in total. The van der Waals surface area contributed by atoms with E-state index in [0.717, 1.165) is 55.6 Å². The maximum atomic E-state index is 12.9. The molecule has 1 saturated heterocycles. The lowest BCUT2D eigenvalue weighted by Crippen LogP contribution is -2.41. The van der Waals surface area contributed by atoms with Crippen LogP contribution < -0.4 is 0 Å². The lowest BCUT2D eigenvalue weighted by Gasteiger charge is -2.33. The highest BCUT2D eigenvalue weighted by Crippen LogP contribution is 2.25. The predicted molar refractivity (Wildman–Crippen MR) is 102 cm³/mol. The van der Waals surface area contributed by atoms with Gasteiger partial charge < -0.3 is 4.90 Å². The van der Waals surface area contributed by atoms with Crippen LogP contribution in [0.1, 0.15) is 27.9 Å². The molecule has 132 valence electrons. The molecule has 0 spiro atoms. The Morgan fingerprint density at radius 3 is 2.81 bits per heavy atom. The third-order valence-corrected chi connectivity index (χ3v) is 6.18. The van der Waals surface area contributed by atoms with Crippen molar-refractivity contribution in [3.8, 4) is 0 Å². The normalized spacial score (nSPS) is 20.5. The Bertz CT molecular complexity index is 969. The van der Waals surface area contributed by atoms with Gasteiger partial charge in [-0.3, -0.25) is 9.69 Å². The SMILES string of the molecule is O=C(c1ccc2nsnc2c1)N1CC[C@@H](N2CCc3ccccc3C2)C1. The van der Waals surface area contributed by atoms with Crippen molar-refractivity contribution in [2.75, 3.05) is 19.6 Å². The molecule has 0 bridgehead atoms. The fourth-order valence-electron chi connectivity index (χ4n) is 4.15. The fraction of sp³-hybridized carbons (Fsp3) is 0.350. The number of hydrogen-bond donors (Lipinski definition) is 0. The highest BCUT2D eigenvalue weighted by atomic mass is 32.1. The van der Waals surface area contributed by atoms with E-state index in [1.54, 1.807) is 0 Å². The Morgan fingerprint density at radius 2 is 1.88 bits per heavy atom. The van der Waals surface area contributed by atoms with Gasteiger partial charge in [-0.2, -0.15) is 8.75 Å². The first-order valence-corrected chi connectivity index (χ1v) is 9.83. The van der Waals surface area contributed by atoms with E-state index in [-0.39, 0.29) is 5.91 Å². The topological polar surface area (TPSA) is 49.3 Å². The number of hydrogen-bond acceptors (Lipinski definition) is 5. The zero-order valence-electron chi connectivity index (χ0n) is 14.5. The minimum atomic E-state index is 0.111. The molecule has 5 rings (SSSR count). The van der Waals surface area contributed by atoms with E-state index in [2.05, 4.69) is 37.9 Å². The molecule has 2 aromatic carbocycles. The molecular weight excluding hydrogens is 344 g/mol. The number of rotatable bonds is 2. The number of nitrogens with zero attached hydrogens (tertiary/aromatic N) is 4. The first-order valence-electron chi connectivity index (χ1n) is 9.10. The van der Waals surface area contributed by atoms with E-state index >= 15 is 0 Å². The second-order valence-electron chi connectivity index (χ2n) is 7.15. The lowest BCUT2D eigenvalue weighted by molar-refractivity contribution is 0.0773. The minimum absolute atomic E-state index is 0.111. The summed E-state index contributed by atoms with van der Waals surface area (Å²) in [6.07, 6.45) is 2.16. The second-order valence-corrected chi connectivity index (χ2v) is 7.68. The van der Waals surface area contributed by atoms with Crippen LogP contribution in [0.25, 0.3) is 11.0 Å². The van der Waals surface area contributed by atoms with Gasteiger partial charge in [0, 0.05) is 37.8 Å². The molecule has 1 amide bonds. The molecule has 2 aliphatic rings. The minimum Gasteiger partial charge on any atom is -0.337 e. The van der Waals surface area contributed by atoms with Gasteiger partial charge in [-0.25, -0.2) is 0 Å². The van der Waals surface area contributed by atoms with Crippen LogP contribution >= 0.6 is 11.7 Å². The van der Waals surface area contributed by atoms with Crippen LogP contribution in [-0.2, 0) is 13.0 Å². The summed E-state index contributed by atoms with van der Waals surface area (Å²) in [5.41, 5.74) is 5.29. The molecule has 1 atom stereocenters. The van der Waals surface area contributed by atoms with Crippen molar-refractivity contribution in [3.05, 3.63) is 59.2 Å². The molecule has 1 fully saturated rings. The number of likely N-dealkylation sites (tertiary alicyclic amines) is 1. The summed E-state index contributed by atoms with van der Waals surface area (Å²) in [5.74, 6) is 0.111. The molecule has 0 N–H and O–H groups in total. The molecule has 2 aliphatic heterocycles. The van der Waals surface area contributed by atoms with Crippen LogP contribution in [0.2, 0.25) is 0 Å². The van der Waals surface area contributed by atoms with Crippen molar-refractivity contribution < 1.29 is 4.79 Å². The summed E-state index contributed by atoms with van der Waals surface area (Å²) in [6, 6.07) is 14.8. The van der Waals surface area contributed by atoms with Crippen molar-refractivity contribution >= 4 is 28.7 Å². The van der Waals surface area contributed by atoms with Gasteiger partial charge in [-0.05, 0) is 42.2 Å². The van der Waals surface area contributed by atoms with Crippen LogP contribution in [0, 0.1) is 0 Å². The highest BCUT2D eigenvalue weighted by molar-refractivity contribution is 7.00. The van der Waals surface area contributed by atoms with Gasteiger partial charge in [0.15, 0.2) is 0 Å². The van der Waals surface area contributed by atoms with Crippen molar-refractivity contribution in [1.29, 1.82) is 0 Å². The Morgan fingerprint density at radius 1 is 1.04 bits per heavy atom. The van der Waals surface area contributed by atoms with E-state index in [4.69, 9.17) is 0 Å². The highest BCUT2D eigenvalue weighted by Gasteiger charge is 2.32. The predicted octanol–water partition coefficient (Wildman–Crippen LogP) is 2.96. The summed E-state index contributed by atoms with van der Waals surface area (Å²) in [4.78, 5) is 17.4. The maximum absolute atomic E-state index is 12.9. The molecule has 0 radical (unpaired) electrons. The Hall–Kier alpha value is -2.31. The summed E-state index contributed by atoms with van der Waals surface area (Å²) < 4.78 is 8.46. The third kappa shape index (κ3) is 2.79. The molecule has 6 heteroatoms. The summed E-state index contributed by atoms with van der Waals surface area (Å²) in [6.45, 7) is 3.73. The molecule has 0 unspecified atom stereocenters. The fourth-order valence-corrected chi connectivity index (χ4v) is 4.67. The van der Waals surface area contributed by atoms with Gasteiger partial charge in [0.25, 0.3) is 5.91 Å². The van der Waals surface area contributed by atoms with Gasteiger partial charge in [-0.15, -0.1) is 0 Å². The third-order valence-electron chi connectivity index (χ3n) is 5.63. The second kappa shape index (κ2) is 6.45. The van der Waals surface area contributed by atoms with Crippen molar-refractivity contribution in [2.24, 2.45) is 0 Å². The molecule has 3 aromatic rings. The Kier molecular flexibility index (Phi) is 3.94. The summed E-state index contributed by atoms with van der Waals surface area (Å²) in [5, 5.41) is 0. The number of carbonyl (C=O) groups excluding carboxylic acids is 1. The summed E-state index contributed by atoms with van der Waals surface area (Å²) >= 11 is 1.19. The Balaban J connectivity index is 1.29. The molecule has 26 heavy (non-hydrogen) atoms. The molecule has 0 aliphatic carbocycles. The zero-order valence-corrected chi connectivity index (χ0v) is 15.3. The maximum Gasteiger partial charge on any atom is 0.253 e. The van der Waals surface area contributed by atoms with Crippen molar-refractivity contribution in [3.63, 3.8) is 0 Å². The van der Waals surface area contributed by atoms with Crippen molar-refractivity contribution in [2.45, 2.75) is 25.4 Å². The van der Waals surface area contributed by atoms with E-state index in [1.807, 2.05) is 23.1 Å². The first-order chi connectivity index (χ1) is 12.8. The molecule has 3 heterocycles. The molecule has 0 saturated carbocycles. The van der Waals surface area contributed by atoms with Crippen LogP contribution in [0.4, 0.5) is 0 Å². The first kappa shape index (κ1) is 15.9. The van der Waals surface area contributed by atoms with Gasteiger partial charge in [-0.1, -0.05) is 24.3 Å². The number of aromatic nitrogens is 2. The smallest absolute Gasteiger partial charge is 0.253 e. The monoisotopic (exact) mass is 364 g/mol. The van der Waals surface area contributed by atoms with Gasteiger partial charge in [0.2, 0.25) is 0 Å². The average Bonchev–Trinajstić information content (AvgIpc) is 3.36. The average molecular weight is 364 g/mol. The number of fused-ring (bicyclic) bond motifs is 2. The number of amides is 1. The van der Waals surface area contributed by atoms with E-state index in [0.29, 0.717) is 6.04 Å².